The van der Waals surface area contributed by atoms with Gasteiger partial charge in [0.25, 0.3) is 5.91 Å². The van der Waals surface area contributed by atoms with Crippen LogP contribution in [0.4, 0.5) is 0 Å². The molecule has 0 spiro atoms. The molecule has 0 atom stereocenters. The Morgan fingerprint density at radius 2 is 2.32 bits per heavy atom. The first-order chi connectivity index (χ1) is 9.29. The predicted octanol–water partition coefficient (Wildman–Crippen LogP) is 2.46. The van der Waals surface area contributed by atoms with E-state index in [-0.39, 0.29) is 5.91 Å². The molecule has 2 aromatic rings. The van der Waals surface area contributed by atoms with E-state index < -0.39 is 0 Å². The molecular formula is C14H17N3OS. The van der Waals surface area contributed by atoms with Crippen molar-refractivity contribution in [3.8, 4) is 0 Å². The Kier molecular flexibility index (Phi) is 5.03. The molecule has 0 aromatic carbocycles. The molecule has 0 bridgehead atoms. The molecule has 0 unspecified atom stereocenters. The Morgan fingerprint density at radius 3 is 3.05 bits per heavy atom. The molecule has 100 valence electrons. The van der Waals surface area contributed by atoms with Gasteiger partial charge in [-0.2, -0.15) is 0 Å². The third-order valence-corrected chi connectivity index (χ3v) is 3.58. The van der Waals surface area contributed by atoms with Gasteiger partial charge < -0.3 is 5.32 Å². The van der Waals surface area contributed by atoms with E-state index in [9.17, 15) is 4.79 Å². The summed E-state index contributed by atoms with van der Waals surface area (Å²) in [5.74, 6) is -0.0949. The van der Waals surface area contributed by atoms with Crippen molar-refractivity contribution >= 4 is 17.2 Å². The van der Waals surface area contributed by atoms with Gasteiger partial charge in [0.1, 0.15) is 5.69 Å². The van der Waals surface area contributed by atoms with Crippen LogP contribution in [-0.4, -0.2) is 22.4 Å². The van der Waals surface area contributed by atoms with Gasteiger partial charge in [-0.3, -0.25) is 9.78 Å². The molecule has 0 aliphatic carbocycles. The van der Waals surface area contributed by atoms with Gasteiger partial charge in [-0.15, -0.1) is 11.3 Å². The summed E-state index contributed by atoms with van der Waals surface area (Å²) in [5, 5.41) is 5.73. The summed E-state index contributed by atoms with van der Waals surface area (Å²) in [4.78, 5) is 20.2. The van der Waals surface area contributed by atoms with Crippen molar-refractivity contribution in [3.05, 3.63) is 46.2 Å². The number of nitrogens with one attached hydrogen (secondary N) is 1. The average molecular weight is 275 g/mol. The normalized spacial score (nSPS) is 10.4. The second kappa shape index (κ2) is 6.99. The number of hydrogen-bond donors (Lipinski definition) is 1. The van der Waals surface area contributed by atoms with Gasteiger partial charge in [0.05, 0.1) is 5.01 Å². The maximum absolute atomic E-state index is 11.9. The quantitative estimate of drug-likeness (QED) is 0.881. The van der Waals surface area contributed by atoms with Crippen LogP contribution in [0.2, 0.25) is 0 Å². The average Bonchev–Trinajstić information content (AvgIpc) is 2.89. The van der Waals surface area contributed by atoms with Crippen molar-refractivity contribution in [2.75, 3.05) is 6.54 Å². The highest BCUT2D eigenvalue weighted by Crippen LogP contribution is 2.11. The van der Waals surface area contributed by atoms with Crippen molar-refractivity contribution < 1.29 is 4.79 Å². The summed E-state index contributed by atoms with van der Waals surface area (Å²) in [6.07, 6.45) is 6.33. The largest absolute Gasteiger partial charge is 0.350 e. The standard InChI is InChI=1S/C14H17N3OS/c1-2-4-13-17-12(10-19-13)14(18)16-8-6-11-5-3-7-15-9-11/h3,5,7,9-10H,2,4,6,8H2,1H3,(H,16,18). The first-order valence-electron chi connectivity index (χ1n) is 6.41. The van der Waals surface area contributed by atoms with E-state index in [2.05, 4.69) is 22.2 Å². The van der Waals surface area contributed by atoms with Crippen LogP contribution in [0.3, 0.4) is 0 Å². The van der Waals surface area contributed by atoms with Gasteiger partial charge in [0.2, 0.25) is 0 Å². The summed E-state index contributed by atoms with van der Waals surface area (Å²) < 4.78 is 0. The fourth-order valence-corrected chi connectivity index (χ4v) is 2.58. The Morgan fingerprint density at radius 1 is 1.42 bits per heavy atom. The Hall–Kier alpha value is -1.75. The third kappa shape index (κ3) is 4.13. The topological polar surface area (TPSA) is 54.9 Å². The van der Waals surface area contributed by atoms with E-state index in [1.54, 1.807) is 17.5 Å². The van der Waals surface area contributed by atoms with Crippen molar-refractivity contribution in [3.63, 3.8) is 0 Å². The predicted molar refractivity (Wildman–Crippen MR) is 76.4 cm³/mol. The van der Waals surface area contributed by atoms with E-state index in [0.29, 0.717) is 12.2 Å². The summed E-state index contributed by atoms with van der Waals surface area (Å²) in [6.45, 7) is 2.71. The lowest BCUT2D eigenvalue weighted by Crippen LogP contribution is -2.26. The van der Waals surface area contributed by atoms with Crippen LogP contribution in [-0.2, 0) is 12.8 Å². The highest BCUT2D eigenvalue weighted by atomic mass is 32.1. The van der Waals surface area contributed by atoms with E-state index in [0.717, 1.165) is 29.8 Å². The van der Waals surface area contributed by atoms with Gasteiger partial charge in [0, 0.05) is 24.3 Å². The molecule has 0 radical (unpaired) electrons. The second-order valence-corrected chi connectivity index (χ2v) is 5.19. The van der Waals surface area contributed by atoms with Crippen LogP contribution in [0.15, 0.2) is 29.9 Å². The molecule has 4 nitrogen and oxygen atoms in total. The zero-order valence-electron chi connectivity index (χ0n) is 10.9. The molecule has 0 aliphatic rings. The molecule has 1 amide bonds. The van der Waals surface area contributed by atoms with Crippen LogP contribution in [0.1, 0.15) is 34.4 Å². The molecule has 2 rings (SSSR count). The van der Waals surface area contributed by atoms with Crippen molar-refractivity contribution in [2.24, 2.45) is 0 Å². The number of amides is 1. The zero-order valence-corrected chi connectivity index (χ0v) is 11.7. The highest BCUT2D eigenvalue weighted by Gasteiger charge is 2.09. The van der Waals surface area contributed by atoms with E-state index in [1.165, 1.54) is 0 Å². The minimum Gasteiger partial charge on any atom is -0.350 e. The van der Waals surface area contributed by atoms with Crippen LogP contribution < -0.4 is 5.32 Å². The lowest BCUT2D eigenvalue weighted by atomic mass is 10.2. The molecule has 2 heterocycles. The minimum absolute atomic E-state index is 0.0949. The molecule has 5 heteroatoms. The number of aryl methyl sites for hydroxylation is 1. The number of carbonyl (C=O) groups is 1. The van der Waals surface area contributed by atoms with Gasteiger partial charge in [-0.1, -0.05) is 13.0 Å². The minimum atomic E-state index is -0.0949. The Labute approximate surface area is 116 Å². The van der Waals surface area contributed by atoms with Gasteiger partial charge in [-0.05, 0) is 30.9 Å². The monoisotopic (exact) mass is 275 g/mol. The van der Waals surface area contributed by atoms with E-state index in [4.69, 9.17) is 0 Å². The highest BCUT2D eigenvalue weighted by molar-refractivity contribution is 7.09. The fourth-order valence-electron chi connectivity index (χ4n) is 1.70. The smallest absolute Gasteiger partial charge is 0.270 e. The molecule has 0 saturated carbocycles. The number of aromatic nitrogens is 2. The Balaban J connectivity index is 1.80. The van der Waals surface area contributed by atoms with Crippen LogP contribution in [0.25, 0.3) is 0 Å². The van der Waals surface area contributed by atoms with Gasteiger partial charge in [0.15, 0.2) is 0 Å². The third-order valence-electron chi connectivity index (χ3n) is 2.67. The lowest BCUT2D eigenvalue weighted by Gasteiger charge is -2.02. The number of pyridine rings is 1. The molecule has 0 saturated heterocycles. The number of nitrogens with zero attached hydrogens (tertiary/aromatic N) is 2. The van der Waals surface area contributed by atoms with Crippen molar-refractivity contribution in [1.29, 1.82) is 0 Å². The molecule has 0 aliphatic heterocycles. The van der Waals surface area contributed by atoms with Crippen LogP contribution in [0, 0.1) is 0 Å². The van der Waals surface area contributed by atoms with Crippen molar-refractivity contribution in [2.45, 2.75) is 26.2 Å². The number of carbonyl (C=O) groups excluding carboxylic acids is 1. The number of thiazole rings is 1. The first-order valence-corrected chi connectivity index (χ1v) is 7.29. The lowest BCUT2D eigenvalue weighted by molar-refractivity contribution is 0.0949. The summed E-state index contributed by atoms with van der Waals surface area (Å²) in [6, 6.07) is 3.90. The van der Waals surface area contributed by atoms with E-state index >= 15 is 0 Å². The molecule has 1 N–H and O–H groups in total. The molecule has 2 aromatic heterocycles. The second-order valence-electron chi connectivity index (χ2n) is 4.24. The summed E-state index contributed by atoms with van der Waals surface area (Å²) >= 11 is 1.55. The SMILES string of the molecule is CCCc1nc(C(=O)NCCc2cccnc2)cs1. The van der Waals surface area contributed by atoms with Crippen LogP contribution in [0.5, 0.6) is 0 Å². The first kappa shape index (κ1) is 13.7. The summed E-state index contributed by atoms with van der Waals surface area (Å²) in [5.41, 5.74) is 1.65. The molecular weight excluding hydrogens is 258 g/mol. The number of hydrogen-bond acceptors (Lipinski definition) is 4. The zero-order chi connectivity index (χ0) is 13.5. The maximum atomic E-state index is 11.9. The number of rotatable bonds is 6. The van der Waals surface area contributed by atoms with Crippen molar-refractivity contribution in [1.82, 2.24) is 15.3 Å². The summed E-state index contributed by atoms with van der Waals surface area (Å²) in [7, 11) is 0. The van der Waals surface area contributed by atoms with Gasteiger partial charge in [-0.25, -0.2) is 4.98 Å². The van der Waals surface area contributed by atoms with E-state index in [1.807, 2.05) is 23.7 Å². The fraction of sp³-hybridized carbons (Fsp3) is 0.357. The molecule has 0 fully saturated rings. The van der Waals surface area contributed by atoms with Crippen LogP contribution >= 0.6 is 11.3 Å². The maximum Gasteiger partial charge on any atom is 0.270 e. The molecule has 19 heavy (non-hydrogen) atoms. The van der Waals surface area contributed by atoms with Gasteiger partial charge >= 0.3 is 0 Å². The Bertz CT molecular complexity index is 524.